The Kier molecular flexibility index (Phi) is 6.49. The number of ether oxygens (including phenoxy) is 2. The number of carboxylic acid groups (broad SMARTS) is 1. The average Bonchev–Trinajstić information content (AvgIpc) is 3.16. The summed E-state index contributed by atoms with van der Waals surface area (Å²) in [5.41, 5.74) is 4.61. The fourth-order valence-corrected chi connectivity index (χ4v) is 4.06. The number of benzene rings is 3. The molecular weight excluding hydrogens is 436 g/mol. The highest BCUT2D eigenvalue weighted by atomic mass is 16.5. The number of nitrogens with one attached hydrogen (secondary N) is 2. The third-order valence-electron chi connectivity index (χ3n) is 5.78. The second-order valence-corrected chi connectivity index (χ2v) is 7.90. The zero-order valence-corrected chi connectivity index (χ0v) is 18.7. The van der Waals surface area contributed by atoms with Crippen molar-refractivity contribution < 1.29 is 29.0 Å². The molecule has 1 atom stereocenters. The fourth-order valence-electron chi connectivity index (χ4n) is 4.06. The summed E-state index contributed by atoms with van der Waals surface area (Å²) in [6, 6.07) is 19.2. The number of carboxylic acids is 1. The zero-order chi connectivity index (χ0) is 24.2. The molecule has 0 bridgehead atoms. The van der Waals surface area contributed by atoms with E-state index in [0.717, 1.165) is 22.3 Å². The number of rotatable bonds is 7. The van der Waals surface area contributed by atoms with Gasteiger partial charge in [-0.15, -0.1) is 0 Å². The van der Waals surface area contributed by atoms with Crippen LogP contribution in [-0.4, -0.2) is 42.8 Å². The number of carbonyl (C=O) groups excluding carboxylic acids is 2. The Hall–Kier alpha value is -4.33. The molecule has 0 aliphatic heterocycles. The molecule has 4 rings (SSSR count). The maximum Gasteiger partial charge on any atom is 0.407 e. The van der Waals surface area contributed by atoms with Crippen molar-refractivity contribution in [3.8, 4) is 16.9 Å². The van der Waals surface area contributed by atoms with E-state index in [2.05, 4.69) is 10.6 Å². The van der Waals surface area contributed by atoms with E-state index in [-0.39, 0.29) is 23.8 Å². The number of hydrogen-bond acceptors (Lipinski definition) is 5. The molecule has 1 aliphatic carbocycles. The van der Waals surface area contributed by atoms with E-state index >= 15 is 0 Å². The topological polar surface area (TPSA) is 114 Å². The van der Waals surface area contributed by atoms with Crippen molar-refractivity contribution in [2.75, 3.05) is 19.0 Å². The van der Waals surface area contributed by atoms with E-state index in [9.17, 15) is 19.5 Å². The van der Waals surface area contributed by atoms with Crippen LogP contribution < -0.4 is 15.4 Å². The van der Waals surface area contributed by atoms with E-state index in [0.29, 0.717) is 5.75 Å². The van der Waals surface area contributed by atoms with Gasteiger partial charge in [-0.25, -0.2) is 9.59 Å². The average molecular weight is 460 g/mol. The summed E-state index contributed by atoms with van der Waals surface area (Å²) >= 11 is 0. The smallest absolute Gasteiger partial charge is 0.407 e. The summed E-state index contributed by atoms with van der Waals surface area (Å²) in [6.07, 6.45) is -0.726. The Morgan fingerprint density at radius 1 is 0.971 bits per heavy atom. The molecule has 34 heavy (non-hydrogen) atoms. The molecule has 3 N–H and O–H groups in total. The number of hydrogen-bond donors (Lipinski definition) is 3. The predicted octanol–water partition coefficient (Wildman–Crippen LogP) is 4.26. The van der Waals surface area contributed by atoms with E-state index in [1.165, 1.54) is 32.2 Å². The first-order chi connectivity index (χ1) is 16.4. The van der Waals surface area contributed by atoms with Crippen LogP contribution in [0, 0.1) is 0 Å². The van der Waals surface area contributed by atoms with Gasteiger partial charge in [-0.05, 0) is 47.4 Å². The highest BCUT2D eigenvalue weighted by Gasteiger charge is 2.29. The molecule has 0 aromatic heterocycles. The van der Waals surface area contributed by atoms with Gasteiger partial charge in [-0.1, -0.05) is 48.5 Å². The molecule has 174 valence electrons. The second kappa shape index (κ2) is 9.66. The molecule has 0 heterocycles. The molecule has 3 aromatic rings. The highest BCUT2D eigenvalue weighted by molar-refractivity contribution is 5.99. The third kappa shape index (κ3) is 4.56. The summed E-state index contributed by atoms with van der Waals surface area (Å²) in [6.45, 7) is 1.63. The minimum absolute atomic E-state index is 0.00625. The maximum atomic E-state index is 12.6. The lowest BCUT2D eigenvalue weighted by atomic mass is 9.98. The van der Waals surface area contributed by atoms with Gasteiger partial charge in [-0.3, -0.25) is 4.79 Å². The van der Waals surface area contributed by atoms with Crippen LogP contribution in [0.3, 0.4) is 0 Å². The van der Waals surface area contributed by atoms with E-state index in [1.54, 1.807) is 0 Å². The lowest BCUT2D eigenvalue weighted by molar-refractivity contribution is -0.117. The Morgan fingerprint density at radius 3 is 2.18 bits per heavy atom. The highest BCUT2D eigenvalue weighted by Crippen LogP contribution is 2.44. The van der Waals surface area contributed by atoms with Gasteiger partial charge >= 0.3 is 12.1 Å². The van der Waals surface area contributed by atoms with Gasteiger partial charge < -0.3 is 25.2 Å². The van der Waals surface area contributed by atoms with Crippen molar-refractivity contribution in [2.45, 2.75) is 18.9 Å². The summed E-state index contributed by atoms with van der Waals surface area (Å²) in [5.74, 6) is -1.48. The van der Waals surface area contributed by atoms with Crippen LogP contribution in [-0.2, 0) is 9.53 Å². The molecule has 0 spiro atoms. The first-order valence-electron chi connectivity index (χ1n) is 10.7. The van der Waals surface area contributed by atoms with Gasteiger partial charge in [0.25, 0.3) is 0 Å². The summed E-state index contributed by atoms with van der Waals surface area (Å²) < 4.78 is 10.6. The Balaban J connectivity index is 1.38. The van der Waals surface area contributed by atoms with E-state index in [4.69, 9.17) is 9.47 Å². The minimum Gasteiger partial charge on any atom is -0.495 e. The monoisotopic (exact) mass is 460 g/mol. The number of amides is 2. The van der Waals surface area contributed by atoms with E-state index < -0.39 is 24.0 Å². The van der Waals surface area contributed by atoms with Crippen molar-refractivity contribution >= 4 is 23.7 Å². The van der Waals surface area contributed by atoms with E-state index in [1.807, 2.05) is 48.5 Å². The maximum absolute atomic E-state index is 12.6. The van der Waals surface area contributed by atoms with Crippen LogP contribution in [0.25, 0.3) is 11.1 Å². The molecule has 8 heteroatoms. The van der Waals surface area contributed by atoms with Crippen LogP contribution in [0.2, 0.25) is 0 Å². The molecule has 1 aliphatic rings. The van der Waals surface area contributed by atoms with Crippen LogP contribution in [0.5, 0.6) is 5.75 Å². The van der Waals surface area contributed by atoms with Gasteiger partial charge in [0.1, 0.15) is 18.4 Å². The lowest BCUT2D eigenvalue weighted by Gasteiger charge is -2.18. The fraction of sp³-hybridized carbons (Fsp3) is 0.192. The van der Waals surface area contributed by atoms with Crippen molar-refractivity contribution in [1.82, 2.24) is 5.32 Å². The van der Waals surface area contributed by atoms with Gasteiger partial charge in [-0.2, -0.15) is 0 Å². The molecule has 8 nitrogen and oxygen atoms in total. The third-order valence-corrected chi connectivity index (χ3v) is 5.78. The number of fused-ring (bicyclic) bond motifs is 3. The van der Waals surface area contributed by atoms with Crippen molar-refractivity contribution in [3.05, 3.63) is 83.4 Å². The zero-order valence-electron chi connectivity index (χ0n) is 18.7. The van der Waals surface area contributed by atoms with Crippen LogP contribution in [0.15, 0.2) is 66.7 Å². The standard InChI is InChI=1S/C26H24N2O6/c1-15(24(29)28-22-13-16(25(30)31)11-12-23(22)33-2)27-26(32)34-14-21-19-9-5-3-7-17(19)18-8-4-6-10-20(18)21/h3-13,15,21H,14H2,1-2H3,(H,27,32)(H,28,29)(H,30,31). The first kappa shape index (κ1) is 22.8. The van der Waals surface area contributed by atoms with Crippen LogP contribution in [0.4, 0.5) is 10.5 Å². The number of methoxy groups -OCH3 is 1. The van der Waals surface area contributed by atoms with Crippen molar-refractivity contribution in [3.63, 3.8) is 0 Å². The Morgan fingerprint density at radius 2 is 1.59 bits per heavy atom. The second-order valence-electron chi connectivity index (χ2n) is 7.90. The Labute approximate surface area is 196 Å². The first-order valence-corrected chi connectivity index (χ1v) is 10.7. The van der Waals surface area contributed by atoms with Crippen LogP contribution >= 0.6 is 0 Å². The molecule has 2 amide bonds. The molecule has 3 aromatic carbocycles. The number of alkyl carbamates (subject to hydrolysis) is 1. The number of carbonyl (C=O) groups is 3. The summed E-state index contributed by atoms with van der Waals surface area (Å²) in [5, 5.41) is 14.3. The lowest BCUT2D eigenvalue weighted by Crippen LogP contribution is -2.42. The molecular formula is C26H24N2O6. The molecule has 0 saturated carbocycles. The predicted molar refractivity (Wildman–Crippen MR) is 126 cm³/mol. The molecule has 0 fully saturated rings. The largest absolute Gasteiger partial charge is 0.495 e. The summed E-state index contributed by atoms with van der Waals surface area (Å²) in [4.78, 5) is 36.3. The van der Waals surface area contributed by atoms with Crippen LogP contribution in [0.1, 0.15) is 34.3 Å². The minimum atomic E-state index is -1.14. The molecule has 1 unspecified atom stereocenters. The SMILES string of the molecule is COc1ccc(C(=O)O)cc1NC(=O)C(C)NC(=O)OCC1c2ccccc2-c2ccccc21. The number of aromatic carboxylic acids is 1. The van der Waals surface area contributed by atoms with Crippen molar-refractivity contribution in [1.29, 1.82) is 0 Å². The Bertz CT molecular complexity index is 1210. The summed E-state index contributed by atoms with van der Waals surface area (Å²) in [7, 11) is 1.41. The normalized spacial score (nSPS) is 12.8. The quantitative estimate of drug-likeness (QED) is 0.486. The molecule has 0 radical (unpaired) electrons. The van der Waals surface area contributed by atoms with Gasteiger partial charge in [0.05, 0.1) is 18.4 Å². The molecule has 0 saturated heterocycles. The number of anilines is 1. The van der Waals surface area contributed by atoms with Crippen molar-refractivity contribution in [2.24, 2.45) is 0 Å². The van der Waals surface area contributed by atoms with Gasteiger partial charge in [0.2, 0.25) is 5.91 Å². The van der Waals surface area contributed by atoms with Gasteiger partial charge in [0.15, 0.2) is 0 Å². The van der Waals surface area contributed by atoms with Gasteiger partial charge in [0, 0.05) is 5.92 Å².